The van der Waals surface area contributed by atoms with E-state index in [2.05, 4.69) is 10.6 Å². The Hall–Kier alpha value is -2.33. The van der Waals surface area contributed by atoms with Crippen LogP contribution in [-0.4, -0.2) is 18.9 Å². The predicted octanol–water partition coefficient (Wildman–Crippen LogP) is 3.12. The Bertz CT molecular complexity index is 775. The minimum absolute atomic E-state index is 0.00518. The fourth-order valence-electron chi connectivity index (χ4n) is 2.88. The van der Waals surface area contributed by atoms with Gasteiger partial charge in [0, 0.05) is 30.1 Å². The molecule has 0 aromatic heterocycles. The molecule has 2 aromatic rings. The first kappa shape index (κ1) is 16.5. The van der Waals surface area contributed by atoms with Gasteiger partial charge in [-0.25, -0.2) is 0 Å². The first-order valence-corrected chi connectivity index (χ1v) is 8.30. The zero-order valence-corrected chi connectivity index (χ0v) is 14.1. The van der Waals surface area contributed by atoms with Gasteiger partial charge >= 0.3 is 0 Å². The third-order valence-electron chi connectivity index (χ3n) is 4.29. The summed E-state index contributed by atoms with van der Waals surface area (Å²) in [4.78, 5) is 23.9. The number of nitrogens with one attached hydrogen (secondary N) is 2. The molecule has 1 saturated carbocycles. The van der Waals surface area contributed by atoms with Crippen LogP contribution in [0.15, 0.2) is 48.5 Å². The molecule has 0 aliphatic heterocycles. The molecule has 0 unspecified atom stereocenters. The molecule has 0 bridgehead atoms. The van der Waals surface area contributed by atoms with Crippen LogP contribution in [0.1, 0.15) is 33.8 Å². The lowest BCUT2D eigenvalue weighted by Gasteiger charge is -2.07. The standard InChI is InChI=1S/C19H19ClN2O2/c1-21-18(23)14-6-2-4-12(8-14)11-22-19(24)17-10-16(17)13-5-3-7-15(20)9-13/h2-9,16-17H,10-11H2,1H3,(H,21,23)(H,22,24)/t16-,17+/m0/s1. The second-order valence-electron chi connectivity index (χ2n) is 6.00. The summed E-state index contributed by atoms with van der Waals surface area (Å²) in [7, 11) is 1.60. The van der Waals surface area contributed by atoms with Gasteiger partial charge in [-0.15, -0.1) is 0 Å². The molecule has 0 radical (unpaired) electrons. The largest absolute Gasteiger partial charge is 0.355 e. The molecular formula is C19H19ClN2O2. The van der Waals surface area contributed by atoms with E-state index in [1.165, 1.54) is 0 Å². The van der Waals surface area contributed by atoms with Gasteiger partial charge in [0.2, 0.25) is 5.91 Å². The van der Waals surface area contributed by atoms with Gasteiger partial charge in [-0.05, 0) is 47.7 Å². The van der Waals surface area contributed by atoms with Crippen molar-refractivity contribution < 1.29 is 9.59 Å². The van der Waals surface area contributed by atoms with Crippen molar-refractivity contribution in [1.82, 2.24) is 10.6 Å². The van der Waals surface area contributed by atoms with E-state index in [-0.39, 0.29) is 23.7 Å². The molecule has 0 heterocycles. The molecule has 4 nitrogen and oxygen atoms in total. The van der Waals surface area contributed by atoms with Crippen LogP contribution in [0.2, 0.25) is 5.02 Å². The molecule has 24 heavy (non-hydrogen) atoms. The quantitative estimate of drug-likeness (QED) is 0.877. The van der Waals surface area contributed by atoms with Gasteiger partial charge in [0.25, 0.3) is 5.91 Å². The highest BCUT2D eigenvalue weighted by atomic mass is 35.5. The van der Waals surface area contributed by atoms with Gasteiger partial charge < -0.3 is 10.6 Å². The number of carbonyl (C=O) groups excluding carboxylic acids is 2. The van der Waals surface area contributed by atoms with Crippen molar-refractivity contribution in [2.45, 2.75) is 18.9 Å². The first-order valence-electron chi connectivity index (χ1n) is 7.92. The van der Waals surface area contributed by atoms with E-state index in [9.17, 15) is 9.59 Å². The van der Waals surface area contributed by atoms with Crippen LogP contribution in [-0.2, 0) is 11.3 Å². The van der Waals surface area contributed by atoms with E-state index in [4.69, 9.17) is 11.6 Å². The number of amides is 2. The third kappa shape index (κ3) is 3.77. The Labute approximate surface area is 146 Å². The first-order chi connectivity index (χ1) is 11.6. The minimum Gasteiger partial charge on any atom is -0.355 e. The van der Waals surface area contributed by atoms with Gasteiger partial charge in [-0.2, -0.15) is 0 Å². The van der Waals surface area contributed by atoms with Crippen molar-refractivity contribution in [2.24, 2.45) is 5.92 Å². The summed E-state index contributed by atoms with van der Waals surface area (Å²) in [6.45, 7) is 0.419. The van der Waals surface area contributed by atoms with Crippen LogP contribution in [0.4, 0.5) is 0 Å². The maximum absolute atomic E-state index is 12.3. The molecule has 0 saturated heterocycles. The van der Waals surface area contributed by atoms with Gasteiger partial charge in [-0.3, -0.25) is 9.59 Å². The van der Waals surface area contributed by atoms with Crippen LogP contribution in [0.25, 0.3) is 0 Å². The van der Waals surface area contributed by atoms with E-state index < -0.39 is 0 Å². The lowest BCUT2D eigenvalue weighted by molar-refractivity contribution is -0.122. The molecule has 2 amide bonds. The van der Waals surface area contributed by atoms with Gasteiger partial charge in [0.1, 0.15) is 0 Å². The number of halogens is 1. The summed E-state index contributed by atoms with van der Waals surface area (Å²) in [6, 6.07) is 14.9. The monoisotopic (exact) mass is 342 g/mol. The number of hydrogen-bond donors (Lipinski definition) is 2. The smallest absolute Gasteiger partial charge is 0.251 e. The predicted molar refractivity (Wildman–Crippen MR) is 94.0 cm³/mol. The molecule has 2 N–H and O–H groups in total. The van der Waals surface area contributed by atoms with Gasteiger partial charge in [0.15, 0.2) is 0 Å². The van der Waals surface area contributed by atoms with Crippen LogP contribution >= 0.6 is 11.6 Å². The maximum atomic E-state index is 12.3. The van der Waals surface area contributed by atoms with E-state index >= 15 is 0 Å². The average Bonchev–Trinajstić information content (AvgIpc) is 3.40. The van der Waals surface area contributed by atoms with Crippen LogP contribution in [0.5, 0.6) is 0 Å². The topological polar surface area (TPSA) is 58.2 Å². The summed E-state index contributed by atoms with van der Waals surface area (Å²) in [5.74, 6) is 0.170. The molecule has 1 aliphatic carbocycles. The van der Waals surface area contributed by atoms with Crippen LogP contribution in [0.3, 0.4) is 0 Å². The van der Waals surface area contributed by atoms with Crippen molar-refractivity contribution in [1.29, 1.82) is 0 Å². The number of hydrogen-bond acceptors (Lipinski definition) is 2. The highest BCUT2D eigenvalue weighted by Crippen LogP contribution is 2.47. The summed E-state index contributed by atoms with van der Waals surface area (Å²) >= 11 is 6.00. The lowest BCUT2D eigenvalue weighted by Crippen LogP contribution is -2.25. The average molecular weight is 343 g/mol. The molecule has 1 aliphatic rings. The van der Waals surface area contributed by atoms with E-state index in [0.717, 1.165) is 17.5 Å². The minimum atomic E-state index is -0.133. The van der Waals surface area contributed by atoms with Gasteiger partial charge in [0.05, 0.1) is 0 Å². The maximum Gasteiger partial charge on any atom is 0.251 e. The normalized spacial score (nSPS) is 18.8. The van der Waals surface area contributed by atoms with Crippen molar-refractivity contribution in [3.63, 3.8) is 0 Å². The van der Waals surface area contributed by atoms with E-state index in [1.807, 2.05) is 36.4 Å². The van der Waals surface area contributed by atoms with Crippen molar-refractivity contribution in [2.75, 3.05) is 7.05 Å². The Morgan fingerprint density at radius 1 is 1.17 bits per heavy atom. The van der Waals surface area contributed by atoms with Crippen molar-refractivity contribution in [3.05, 3.63) is 70.2 Å². The Balaban J connectivity index is 1.56. The number of carbonyl (C=O) groups is 2. The Morgan fingerprint density at radius 2 is 1.96 bits per heavy atom. The molecular weight excluding hydrogens is 324 g/mol. The summed E-state index contributed by atoms with van der Waals surface area (Å²) in [5.41, 5.74) is 2.61. The number of rotatable bonds is 5. The fraction of sp³-hybridized carbons (Fsp3) is 0.263. The molecule has 3 rings (SSSR count). The van der Waals surface area contributed by atoms with Crippen LogP contribution < -0.4 is 10.6 Å². The number of benzene rings is 2. The molecule has 2 aromatic carbocycles. The lowest BCUT2D eigenvalue weighted by atomic mass is 10.1. The fourth-order valence-corrected chi connectivity index (χ4v) is 3.08. The second kappa shape index (κ2) is 7.05. The zero-order chi connectivity index (χ0) is 17.1. The van der Waals surface area contributed by atoms with Gasteiger partial charge in [-0.1, -0.05) is 35.9 Å². The second-order valence-corrected chi connectivity index (χ2v) is 6.44. The zero-order valence-electron chi connectivity index (χ0n) is 13.4. The summed E-state index contributed by atoms with van der Waals surface area (Å²) in [6.07, 6.45) is 0.852. The molecule has 1 fully saturated rings. The molecule has 0 spiro atoms. The van der Waals surface area contributed by atoms with Crippen LogP contribution in [0, 0.1) is 5.92 Å². The van der Waals surface area contributed by atoms with Crippen molar-refractivity contribution in [3.8, 4) is 0 Å². The molecule has 2 atom stereocenters. The molecule has 124 valence electrons. The van der Waals surface area contributed by atoms with Crippen molar-refractivity contribution >= 4 is 23.4 Å². The summed E-state index contributed by atoms with van der Waals surface area (Å²) < 4.78 is 0. The Morgan fingerprint density at radius 3 is 2.71 bits per heavy atom. The summed E-state index contributed by atoms with van der Waals surface area (Å²) in [5, 5.41) is 6.25. The SMILES string of the molecule is CNC(=O)c1cccc(CNC(=O)[C@@H]2C[C@H]2c2cccc(Cl)c2)c1. The molecule has 5 heteroatoms. The van der Waals surface area contributed by atoms with E-state index in [0.29, 0.717) is 17.1 Å². The highest BCUT2D eigenvalue weighted by molar-refractivity contribution is 6.30. The third-order valence-corrected chi connectivity index (χ3v) is 4.52. The Kier molecular flexibility index (Phi) is 4.86. The highest BCUT2D eigenvalue weighted by Gasteiger charge is 2.43. The van der Waals surface area contributed by atoms with E-state index in [1.54, 1.807) is 19.2 Å².